The van der Waals surface area contributed by atoms with Gasteiger partial charge in [0.25, 0.3) is 0 Å². The largest absolute Gasteiger partial charge is 0.465 e. The van der Waals surface area contributed by atoms with Crippen LogP contribution in [0, 0.1) is 11.8 Å². The van der Waals surface area contributed by atoms with Crippen molar-refractivity contribution >= 4 is 5.97 Å². The topological polar surface area (TPSA) is 35.5 Å². The molecule has 0 aromatic rings. The van der Waals surface area contributed by atoms with Crippen molar-refractivity contribution in [2.45, 2.75) is 60.2 Å². The molecule has 2 atom stereocenters. The third kappa shape index (κ3) is 6.83. The van der Waals surface area contributed by atoms with Crippen molar-refractivity contribution in [2.75, 3.05) is 6.61 Å². The molecule has 0 aromatic heterocycles. The number of hydrogen-bond donors (Lipinski definition) is 0. The smallest absolute Gasteiger partial charge is 0.308 e. The van der Waals surface area contributed by atoms with Crippen molar-refractivity contribution in [1.82, 2.24) is 0 Å². The first-order chi connectivity index (χ1) is 7.34. The molecule has 0 aliphatic heterocycles. The van der Waals surface area contributed by atoms with Crippen LogP contribution < -0.4 is 0 Å². The van der Waals surface area contributed by atoms with Crippen molar-refractivity contribution in [3.63, 3.8) is 0 Å². The number of rotatable bonds is 7. The second kappa shape index (κ2) is 7.66. The minimum absolute atomic E-state index is 0.0502. The lowest BCUT2D eigenvalue weighted by Crippen LogP contribution is -2.23. The summed E-state index contributed by atoms with van der Waals surface area (Å²) in [6, 6.07) is 0. The van der Waals surface area contributed by atoms with Gasteiger partial charge in [-0.2, -0.15) is 0 Å². The average molecular weight is 230 g/mol. The highest BCUT2D eigenvalue weighted by molar-refractivity contribution is 5.71. The van der Waals surface area contributed by atoms with Crippen LogP contribution in [-0.4, -0.2) is 24.8 Å². The van der Waals surface area contributed by atoms with Gasteiger partial charge in [0.1, 0.15) is 0 Å². The quantitative estimate of drug-likeness (QED) is 0.631. The molecule has 16 heavy (non-hydrogen) atoms. The van der Waals surface area contributed by atoms with E-state index in [4.69, 9.17) is 9.47 Å². The van der Waals surface area contributed by atoms with Gasteiger partial charge in [-0.1, -0.05) is 27.7 Å². The number of ether oxygens (including phenoxy) is 2. The predicted octanol–water partition coefficient (Wildman–Crippen LogP) is 3.03. The Morgan fingerprint density at radius 1 is 1.06 bits per heavy atom. The second-order valence-electron chi connectivity index (χ2n) is 5.01. The maximum absolute atomic E-state index is 11.2. The fourth-order valence-electron chi connectivity index (χ4n) is 1.08. The molecule has 0 N–H and O–H groups in total. The molecule has 0 amide bonds. The summed E-state index contributed by atoms with van der Waals surface area (Å²) < 4.78 is 10.9. The Hall–Kier alpha value is -0.570. The number of carbonyl (C=O) groups excluding carboxylic acids is 1. The molecule has 0 radical (unpaired) electrons. The van der Waals surface area contributed by atoms with Gasteiger partial charge >= 0.3 is 5.97 Å². The van der Waals surface area contributed by atoms with Crippen LogP contribution in [0.2, 0.25) is 0 Å². The summed E-state index contributed by atoms with van der Waals surface area (Å²) in [7, 11) is 0. The monoisotopic (exact) mass is 230 g/mol. The van der Waals surface area contributed by atoms with Gasteiger partial charge in [-0.05, 0) is 19.8 Å². The zero-order valence-electron chi connectivity index (χ0n) is 11.4. The van der Waals surface area contributed by atoms with Crippen LogP contribution in [0.5, 0.6) is 0 Å². The van der Waals surface area contributed by atoms with Gasteiger partial charge in [-0.15, -0.1) is 0 Å². The second-order valence-corrected chi connectivity index (χ2v) is 5.01. The molecule has 0 aromatic carbocycles. The lowest BCUT2D eigenvalue weighted by atomic mass is 10.1. The van der Waals surface area contributed by atoms with Gasteiger partial charge in [0.2, 0.25) is 0 Å². The van der Waals surface area contributed by atoms with E-state index in [0.717, 1.165) is 6.42 Å². The van der Waals surface area contributed by atoms with E-state index in [0.29, 0.717) is 12.5 Å². The van der Waals surface area contributed by atoms with Gasteiger partial charge in [-0.3, -0.25) is 4.79 Å². The Bertz CT molecular complexity index is 199. The zero-order chi connectivity index (χ0) is 12.7. The molecule has 0 fully saturated rings. The maximum Gasteiger partial charge on any atom is 0.308 e. The minimum Gasteiger partial charge on any atom is -0.465 e. The number of esters is 1. The minimum atomic E-state index is -0.135. The molecular weight excluding hydrogens is 204 g/mol. The standard InChI is InChI=1S/C13H26O3/c1-9(2)12(6)16-11(5)7-8-15-13(14)10(3)4/h9-12H,7-8H2,1-6H3. The van der Waals surface area contributed by atoms with Gasteiger partial charge < -0.3 is 9.47 Å². The molecule has 0 aliphatic carbocycles. The molecule has 0 spiro atoms. The molecule has 3 heteroatoms. The molecule has 0 aliphatic rings. The van der Waals surface area contributed by atoms with E-state index in [1.54, 1.807) is 0 Å². The molecule has 0 heterocycles. The van der Waals surface area contributed by atoms with Gasteiger partial charge in [0, 0.05) is 6.42 Å². The summed E-state index contributed by atoms with van der Waals surface area (Å²) in [6.45, 7) is 12.5. The average Bonchev–Trinajstić information content (AvgIpc) is 2.16. The third-order valence-electron chi connectivity index (χ3n) is 2.63. The lowest BCUT2D eigenvalue weighted by molar-refractivity contribution is -0.148. The highest BCUT2D eigenvalue weighted by atomic mass is 16.5. The molecule has 0 bridgehead atoms. The van der Waals surface area contributed by atoms with E-state index < -0.39 is 0 Å². The summed E-state index contributed by atoms with van der Waals surface area (Å²) in [5, 5.41) is 0. The van der Waals surface area contributed by atoms with E-state index in [-0.39, 0.29) is 24.1 Å². The van der Waals surface area contributed by atoms with Crippen molar-refractivity contribution in [2.24, 2.45) is 11.8 Å². The molecule has 0 saturated carbocycles. The summed E-state index contributed by atoms with van der Waals surface area (Å²) in [4.78, 5) is 11.2. The van der Waals surface area contributed by atoms with Crippen molar-refractivity contribution in [3.05, 3.63) is 0 Å². The number of hydrogen-bond acceptors (Lipinski definition) is 3. The van der Waals surface area contributed by atoms with Gasteiger partial charge in [0.15, 0.2) is 0 Å². The highest BCUT2D eigenvalue weighted by Crippen LogP contribution is 2.10. The summed E-state index contributed by atoms with van der Waals surface area (Å²) in [6.07, 6.45) is 1.14. The van der Waals surface area contributed by atoms with Crippen LogP contribution in [0.3, 0.4) is 0 Å². The third-order valence-corrected chi connectivity index (χ3v) is 2.63. The first kappa shape index (κ1) is 15.4. The van der Waals surface area contributed by atoms with Crippen LogP contribution in [0.25, 0.3) is 0 Å². The molecule has 96 valence electrons. The molecule has 3 nitrogen and oxygen atoms in total. The van der Waals surface area contributed by atoms with Crippen LogP contribution in [-0.2, 0) is 14.3 Å². The Kier molecular flexibility index (Phi) is 7.39. The summed E-state index contributed by atoms with van der Waals surface area (Å²) in [5.74, 6) is 0.329. The normalized spacial score (nSPS) is 15.2. The van der Waals surface area contributed by atoms with E-state index >= 15 is 0 Å². The van der Waals surface area contributed by atoms with Crippen LogP contribution in [0.1, 0.15) is 48.0 Å². The molecule has 0 saturated heterocycles. The Morgan fingerprint density at radius 3 is 2.06 bits per heavy atom. The zero-order valence-corrected chi connectivity index (χ0v) is 11.4. The maximum atomic E-state index is 11.2. The van der Waals surface area contributed by atoms with Gasteiger partial charge in [-0.25, -0.2) is 0 Å². The molecule has 0 rings (SSSR count). The van der Waals surface area contributed by atoms with Crippen molar-refractivity contribution in [1.29, 1.82) is 0 Å². The van der Waals surface area contributed by atoms with Crippen LogP contribution in [0.15, 0.2) is 0 Å². The fraction of sp³-hybridized carbons (Fsp3) is 0.923. The van der Waals surface area contributed by atoms with E-state index in [1.165, 1.54) is 0 Å². The molecule has 2 unspecified atom stereocenters. The number of carbonyl (C=O) groups is 1. The Morgan fingerprint density at radius 2 is 1.62 bits per heavy atom. The Balaban J connectivity index is 3.66. The van der Waals surface area contributed by atoms with E-state index in [9.17, 15) is 4.79 Å². The first-order valence-corrected chi connectivity index (χ1v) is 6.16. The van der Waals surface area contributed by atoms with Crippen molar-refractivity contribution < 1.29 is 14.3 Å². The Labute approximate surface area is 99.5 Å². The lowest BCUT2D eigenvalue weighted by Gasteiger charge is -2.22. The summed E-state index contributed by atoms with van der Waals surface area (Å²) in [5.41, 5.74) is 0. The van der Waals surface area contributed by atoms with Crippen LogP contribution in [0.4, 0.5) is 0 Å². The summed E-state index contributed by atoms with van der Waals surface area (Å²) >= 11 is 0. The van der Waals surface area contributed by atoms with Crippen molar-refractivity contribution in [3.8, 4) is 0 Å². The fourth-order valence-corrected chi connectivity index (χ4v) is 1.08. The predicted molar refractivity (Wildman–Crippen MR) is 65.3 cm³/mol. The van der Waals surface area contributed by atoms with Gasteiger partial charge in [0.05, 0.1) is 24.7 Å². The van der Waals surface area contributed by atoms with Crippen LogP contribution >= 0.6 is 0 Å². The van der Waals surface area contributed by atoms with E-state index in [2.05, 4.69) is 20.8 Å². The van der Waals surface area contributed by atoms with E-state index in [1.807, 2.05) is 20.8 Å². The highest BCUT2D eigenvalue weighted by Gasteiger charge is 2.13. The SMILES string of the molecule is CC(CCOC(=O)C(C)C)OC(C)C(C)C. The molecular formula is C13H26O3. The first-order valence-electron chi connectivity index (χ1n) is 6.16.